The van der Waals surface area contributed by atoms with Gasteiger partial charge in [-0.05, 0) is 35.6 Å². The first-order chi connectivity index (χ1) is 14.9. The second-order valence-corrected chi connectivity index (χ2v) is 14.4. The summed E-state index contributed by atoms with van der Waals surface area (Å²) in [6.07, 6.45) is 0.844. The van der Waals surface area contributed by atoms with Gasteiger partial charge in [-0.1, -0.05) is 111 Å². The highest BCUT2D eigenvalue weighted by Crippen LogP contribution is 2.45. The molecule has 0 saturated carbocycles. The van der Waals surface area contributed by atoms with Crippen molar-refractivity contribution in [1.82, 2.24) is 4.90 Å². The quantitative estimate of drug-likeness (QED) is 0.401. The zero-order valence-corrected chi connectivity index (χ0v) is 19.9. The van der Waals surface area contributed by atoms with Gasteiger partial charge in [0.1, 0.15) is 0 Å². The molecule has 0 unspecified atom stereocenters. The molecule has 0 saturated heterocycles. The van der Waals surface area contributed by atoms with Gasteiger partial charge < -0.3 is 4.90 Å². The Hall–Kier alpha value is -2.91. The molecule has 4 rings (SSSR count). The van der Waals surface area contributed by atoms with Crippen molar-refractivity contribution in [1.29, 1.82) is 0 Å². The fourth-order valence-electron chi connectivity index (χ4n) is 4.76. The number of rotatable bonds is 5. The topological polar surface area (TPSA) is 20.3 Å². The molecule has 0 N–H and O–H groups in total. The highest BCUT2D eigenvalue weighted by Gasteiger charge is 2.42. The molecule has 158 valence electrons. The van der Waals surface area contributed by atoms with Crippen LogP contribution in [0.1, 0.15) is 42.1 Å². The van der Waals surface area contributed by atoms with Crippen LogP contribution in [0.15, 0.2) is 96.2 Å². The normalized spacial score (nSPS) is 18.3. The molecule has 1 aliphatic rings. The van der Waals surface area contributed by atoms with Crippen LogP contribution in [-0.4, -0.2) is 18.9 Å². The zero-order valence-electron chi connectivity index (χ0n) is 18.9. The number of benzene rings is 3. The van der Waals surface area contributed by atoms with E-state index in [1.807, 2.05) is 18.2 Å². The molecule has 0 aromatic heterocycles. The first-order valence-electron chi connectivity index (χ1n) is 11.1. The van der Waals surface area contributed by atoms with Crippen LogP contribution in [0.3, 0.4) is 0 Å². The Balaban J connectivity index is 1.91. The molecule has 0 spiro atoms. The Bertz CT molecular complexity index is 1070. The third kappa shape index (κ3) is 4.28. The van der Waals surface area contributed by atoms with Crippen LogP contribution in [0.2, 0.25) is 19.6 Å². The molecular formula is C28H31NOSi. The van der Waals surface area contributed by atoms with Gasteiger partial charge in [0.15, 0.2) is 0 Å². The molecule has 31 heavy (non-hydrogen) atoms. The first-order valence-corrected chi connectivity index (χ1v) is 14.6. The molecule has 2 atom stereocenters. The SMILES string of the molecule is C[C@H](c1ccccc1)N1C(=O)C([Si](C)(C)C)=C(c2ccccc2)C[C@@H]1c1ccccc1. The van der Waals surface area contributed by atoms with Crippen molar-refractivity contribution in [3.05, 3.63) is 113 Å². The van der Waals surface area contributed by atoms with Gasteiger partial charge >= 0.3 is 0 Å². The monoisotopic (exact) mass is 425 g/mol. The van der Waals surface area contributed by atoms with Crippen LogP contribution >= 0.6 is 0 Å². The van der Waals surface area contributed by atoms with Crippen molar-refractivity contribution in [2.24, 2.45) is 0 Å². The van der Waals surface area contributed by atoms with Gasteiger partial charge in [0.05, 0.1) is 20.2 Å². The highest BCUT2D eigenvalue weighted by molar-refractivity contribution is 6.88. The molecule has 2 nitrogen and oxygen atoms in total. The van der Waals surface area contributed by atoms with Crippen molar-refractivity contribution in [3.8, 4) is 0 Å². The molecule has 0 radical (unpaired) electrons. The van der Waals surface area contributed by atoms with E-state index in [-0.39, 0.29) is 18.0 Å². The molecule has 1 amide bonds. The van der Waals surface area contributed by atoms with Crippen molar-refractivity contribution in [2.45, 2.75) is 45.1 Å². The van der Waals surface area contributed by atoms with Crippen molar-refractivity contribution >= 4 is 19.6 Å². The molecular weight excluding hydrogens is 394 g/mol. The third-order valence-corrected chi connectivity index (χ3v) is 8.25. The van der Waals surface area contributed by atoms with E-state index in [1.165, 1.54) is 22.3 Å². The van der Waals surface area contributed by atoms with Gasteiger partial charge in [-0.2, -0.15) is 0 Å². The van der Waals surface area contributed by atoms with Gasteiger partial charge in [-0.25, -0.2) is 0 Å². The highest BCUT2D eigenvalue weighted by atomic mass is 28.3. The average Bonchev–Trinajstić information content (AvgIpc) is 2.79. The van der Waals surface area contributed by atoms with Gasteiger partial charge in [-0.15, -0.1) is 0 Å². The maximum atomic E-state index is 14.3. The molecule has 0 aliphatic carbocycles. The van der Waals surface area contributed by atoms with E-state index in [0.717, 1.165) is 11.6 Å². The summed E-state index contributed by atoms with van der Waals surface area (Å²) >= 11 is 0. The molecule has 0 bridgehead atoms. The van der Waals surface area contributed by atoms with E-state index in [0.29, 0.717) is 0 Å². The Morgan fingerprint density at radius 2 is 1.32 bits per heavy atom. The lowest BCUT2D eigenvalue weighted by Gasteiger charge is -2.44. The Morgan fingerprint density at radius 1 is 0.806 bits per heavy atom. The molecule has 0 fully saturated rings. The zero-order chi connectivity index (χ0) is 22.0. The predicted octanol–water partition coefficient (Wildman–Crippen LogP) is 7.05. The van der Waals surface area contributed by atoms with E-state index >= 15 is 0 Å². The van der Waals surface area contributed by atoms with Crippen molar-refractivity contribution in [2.75, 3.05) is 0 Å². The second-order valence-electron chi connectivity index (χ2n) is 9.40. The van der Waals surface area contributed by atoms with E-state index in [9.17, 15) is 4.79 Å². The van der Waals surface area contributed by atoms with E-state index in [2.05, 4.69) is 104 Å². The number of carbonyl (C=O) groups is 1. The molecule has 3 heteroatoms. The summed E-state index contributed by atoms with van der Waals surface area (Å²) in [6, 6.07) is 31.4. The Labute approximate surface area is 187 Å². The van der Waals surface area contributed by atoms with Crippen LogP contribution < -0.4 is 0 Å². The predicted molar refractivity (Wildman–Crippen MR) is 132 cm³/mol. The first kappa shape index (κ1) is 21.3. The largest absolute Gasteiger partial charge is 0.325 e. The summed E-state index contributed by atoms with van der Waals surface area (Å²) in [5, 5.41) is 1.06. The third-order valence-electron chi connectivity index (χ3n) is 6.24. The summed E-state index contributed by atoms with van der Waals surface area (Å²) in [5.41, 5.74) is 4.79. The van der Waals surface area contributed by atoms with Crippen LogP contribution in [-0.2, 0) is 4.79 Å². The lowest BCUT2D eigenvalue weighted by Crippen LogP contribution is -2.47. The smallest absolute Gasteiger partial charge is 0.247 e. The summed E-state index contributed by atoms with van der Waals surface area (Å²) in [6.45, 7) is 9.03. The van der Waals surface area contributed by atoms with Crippen LogP contribution in [0.4, 0.5) is 0 Å². The van der Waals surface area contributed by atoms with Crippen molar-refractivity contribution in [3.63, 3.8) is 0 Å². The number of hydrogen-bond acceptors (Lipinski definition) is 1. The summed E-state index contributed by atoms with van der Waals surface area (Å²) in [4.78, 5) is 16.4. The summed E-state index contributed by atoms with van der Waals surface area (Å²) < 4.78 is 0. The standard InChI is InChI=1S/C28H31NOSi/c1-21(22-14-8-5-9-15-22)29-26(24-18-12-7-13-19-24)20-25(23-16-10-6-11-17-23)27(28(29)30)31(2,3)4/h5-19,21,26H,20H2,1-4H3/t21-,26-/m1/s1. The fraction of sp³-hybridized carbons (Fsp3) is 0.250. The van der Waals surface area contributed by atoms with Crippen LogP contribution in [0.25, 0.3) is 5.57 Å². The van der Waals surface area contributed by atoms with Gasteiger partial charge in [0, 0.05) is 5.20 Å². The van der Waals surface area contributed by atoms with Gasteiger partial charge in [-0.3, -0.25) is 4.79 Å². The minimum atomic E-state index is -1.90. The van der Waals surface area contributed by atoms with Gasteiger partial charge in [0.25, 0.3) is 0 Å². The Morgan fingerprint density at radius 3 is 1.87 bits per heavy atom. The second kappa shape index (κ2) is 8.68. The number of hydrogen-bond donors (Lipinski definition) is 0. The minimum Gasteiger partial charge on any atom is -0.325 e. The lowest BCUT2D eigenvalue weighted by molar-refractivity contribution is -0.132. The maximum Gasteiger partial charge on any atom is 0.247 e. The molecule has 3 aromatic rings. The van der Waals surface area contributed by atoms with Crippen LogP contribution in [0, 0.1) is 0 Å². The Kier molecular flexibility index (Phi) is 5.97. The number of amides is 1. The minimum absolute atomic E-state index is 0.00239. The fourth-order valence-corrected chi connectivity index (χ4v) is 6.68. The van der Waals surface area contributed by atoms with Crippen LogP contribution in [0.5, 0.6) is 0 Å². The molecule has 1 aliphatic heterocycles. The van der Waals surface area contributed by atoms with E-state index < -0.39 is 8.07 Å². The van der Waals surface area contributed by atoms with Gasteiger partial charge in [0.2, 0.25) is 5.91 Å². The average molecular weight is 426 g/mol. The van der Waals surface area contributed by atoms with E-state index in [1.54, 1.807) is 0 Å². The summed E-state index contributed by atoms with van der Waals surface area (Å²) in [7, 11) is -1.90. The van der Waals surface area contributed by atoms with Crippen molar-refractivity contribution < 1.29 is 4.79 Å². The molecule has 3 aromatic carbocycles. The maximum absolute atomic E-state index is 14.3. The van der Waals surface area contributed by atoms with E-state index in [4.69, 9.17) is 0 Å². The number of carbonyl (C=O) groups excluding carboxylic acids is 1. The molecule has 1 heterocycles. The number of nitrogens with zero attached hydrogens (tertiary/aromatic N) is 1. The lowest BCUT2D eigenvalue weighted by atomic mass is 9.87. The summed E-state index contributed by atoms with van der Waals surface area (Å²) in [5.74, 6) is 0.203.